The molecule has 35 heavy (non-hydrogen) atoms. The number of anilines is 1. The van der Waals surface area contributed by atoms with E-state index in [9.17, 15) is 13.2 Å². The Bertz CT molecular complexity index is 1470. The third-order valence-electron chi connectivity index (χ3n) is 6.68. The maximum Gasteiger partial charge on any atom is 0.264 e. The van der Waals surface area contributed by atoms with Crippen molar-refractivity contribution < 1.29 is 13.2 Å². The Morgan fingerprint density at radius 2 is 1.66 bits per heavy atom. The minimum Gasteiger partial charge on any atom is -0.338 e. The average Bonchev–Trinajstić information content (AvgIpc) is 2.83. The predicted octanol–water partition coefficient (Wildman–Crippen LogP) is 3.98. The zero-order chi connectivity index (χ0) is 24.6. The summed E-state index contributed by atoms with van der Waals surface area (Å²) < 4.78 is 28.6. The number of benzene rings is 3. The standard InChI is InChI=1S/C27H26N4O3S/c1-27(28,21-9-3-2-4-10-21)22-17-31(18-22)26(32)20-12-14-23(15-13-20)30-35(33,34)24-11-5-7-19-8-6-16-29-25(19)24/h2-16,22,30H,17-18,28H2,1H3. The first-order chi connectivity index (χ1) is 16.8. The number of nitrogens with zero attached hydrogens (tertiary/aromatic N) is 2. The molecule has 1 amide bonds. The van der Waals surface area contributed by atoms with Gasteiger partial charge in [-0.1, -0.05) is 48.5 Å². The predicted molar refractivity (Wildman–Crippen MR) is 136 cm³/mol. The van der Waals surface area contributed by atoms with Crippen molar-refractivity contribution in [2.45, 2.75) is 17.4 Å². The van der Waals surface area contributed by atoms with Gasteiger partial charge in [0.15, 0.2) is 0 Å². The molecule has 1 aliphatic heterocycles. The van der Waals surface area contributed by atoms with Crippen LogP contribution in [0, 0.1) is 5.92 Å². The van der Waals surface area contributed by atoms with Crippen LogP contribution in [0.5, 0.6) is 0 Å². The molecule has 8 heteroatoms. The topological polar surface area (TPSA) is 105 Å². The number of likely N-dealkylation sites (tertiary alicyclic amines) is 1. The maximum atomic E-state index is 13.0. The number of carbonyl (C=O) groups is 1. The van der Waals surface area contributed by atoms with E-state index in [2.05, 4.69) is 9.71 Å². The summed E-state index contributed by atoms with van der Waals surface area (Å²) in [5.74, 6) is 0.0620. The second-order valence-corrected chi connectivity index (χ2v) is 10.7. The van der Waals surface area contributed by atoms with Crippen LogP contribution in [-0.2, 0) is 15.6 Å². The third kappa shape index (κ3) is 4.38. The number of rotatable bonds is 6. The van der Waals surface area contributed by atoms with Gasteiger partial charge in [0.25, 0.3) is 15.9 Å². The van der Waals surface area contributed by atoms with Gasteiger partial charge in [0.2, 0.25) is 0 Å². The van der Waals surface area contributed by atoms with Crippen LogP contribution in [0.3, 0.4) is 0 Å². The molecule has 0 saturated carbocycles. The molecule has 1 fully saturated rings. The molecule has 0 spiro atoms. The zero-order valence-corrected chi connectivity index (χ0v) is 20.1. The summed E-state index contributed by atoms with van der Waals surface area (Å²) in [6.45, 7) is 3.15. The summed E-state index contributed by atoms with van der Waals surface area (Å²) in [7, 11) is -3.85. The smallest absolute Gasteiger partial charge is 0.264 e. The Labute approximate surface area is 204 Å². The van der Waals surface area contributed by atoms with Gasteiger partial charge in [0.1, 0.15) is 4.90 Å². The number of sulfonamides is 1. The van der Waals surface area contributed by atoms with Crippen LogP contribution in [-0.4, -0.2) is 37.3 Å². The summed E-state index contributed by atoms with van der Waals surface area (Å²) in [6, 6.07) is 25.0. The van der Waals surface area contributed by atoms with Crippen molar-refractivity contribution in [1.82, 2.24) is 9.88 Å². The Morgan fingerprint density at radius 3 is 2.37 bits per heavy atom. The minimum atomic E-state index is -3.85. The maximum absolute atomic E-state index is 13.0. The first kappa shape index (κ1) is 23.0. The van der Waals surface area contributed by atoms with Gasteiger partial charge in [0, 0.05) is 47.4 Å². The lowest BCUT2D eigenvalue weighted by Crippen LogP contribution is -2.60. The number of nitrogens with one attached hydrogen (secondary N) is 1. The van der Waals surface area contributed by atoms with Gasteiger partial charge >= 0.3 is 0 Å². The number of aromatic nitrogens is 1. The van der Waals surface area contributed by atoms with Gasteiger partial charge < -0.3 is 10.6 Å². The molecule has 1 saturated heterocycles. The number of amides is 1. The molecule has 0 aliphatic carbocycles. The summed E-state index contributed by atoms with van der Waals surface area (Å²) in [4.78, 5) is 19.0. The number of hydrogen-bond donors (Lipinski definition) is 2. The highest BCUT2D eigenvalue weighted by Crippen LogP contribution is 2.34. The lowest BCUT2D eigenvalue weighted by Gasteiger charge is -2.47. The van der Waals surface area contributed by atoms with Crippen LogP contribution in [0.2, 0.25) is 0 Å². The van der Waals surface area contributed by atoms with E-state index in [-0.39, 0.29) is 16.7 Å². The number of pyridine rings is 1. The van der Waals surface area contributed by atoms with Crippen molar-refractivity contribution in [3.63, 3.8) is 0 Å². The molecule has 1 atom stereocenters. The SMILES string of the molecule is CC(N)(c1ccccc1)C1CN(C(=O)c2ccc(NS(=O)(=O)c3cccc4cccnc34)cc2)C1. The number of hydrogen-bond acceptors (Lipinski definition) is 5. The molecule has 5 rings (SSSR count). The van der Waals surface area contributed by atoms with Crippen LogP contribution >= 0.6 is 0 Å². The highest BCUT2D eigenvalue weighted by atomic mass is 32.2. The number of para-hydroxylation sites is 1. The summed E-state index contributed by atoms with van der Waals surface area (Å²) in [5.41, 5.74) is 8.41. The Balaban J connectivity index is 1.26. The van der Waals surface area contributed by atoms with Crippen molar-refractivity contribution in [3.05, 3.63) is 102 Å². The highest BCUT2D eigenvalue weighted by Gasteiger charge is 2.42. The Hall–Kier alpha value is -3.75. The number of fused-ring (bicyclic) bond motifs is 1. The van der Waals surface area contributed by atoms with Crippen molar-refractivity contribution >= 4 is 32.5 Å². The second kappa shape index (κ2) is 8.79. The second-order valence-electron chi connectivity index (χ2n) is 9.07. The van der Waals surface area contributed by atoms with Gasteiger partial charge in [-0.25, -0.2) is 8.42 Å². The molecular formula is C27H26N4O3S. The first-order valence-electron chi connectivity index (χ1n) is 11.4. The van der Waals surface area contributed by atoms with Crippen LogP contribution in [0.1, 0.15) is 22.8 Å². The van der Waals surface area contributed by atoms with Gasteiger partial charge in [-0.05, 0) is 48.9 Å². The van der Waals surface area contributed by atoms with E-state index in [1.165, 1.54) is 6.07 Å². The van der Waals surface area contributed by atoms with Crippen LogP contribution in [0.25, 0.3) is 10.9 Å². The van der Waals surface area contributed by atoms with Gasteiger partial charge in [-0.2, -0.15) is 0 Å². The number of nitrogens with two attached hydrogens (primary N) is 1. The lowest BCUT2D eigenvalue weighted by atomic mass is 9.76. The molecule has 2 heterocycles. The van der Waals surface area contributed by atoms with Crippen LogP contribution in [0.15, 0.2) is 96.0 Å². The van der Waals surface area contributed by atoms with Crippen molar-refractivity contribution in [1.29, 1.82) is 0 Å². The molecule has 0 radical (unpaired) electrons. The summed E-state index contributed by atoms with van der Waals surface area (Å²) >= 11 is 0. The Morgan fingerprint density at radius 1 is 0.971 bits per heavy atom. The molecule has 7 nitrogen and oxygen atoms in total. The molecule has 1 aliphatic rings. The van der Waals surface area contributed by atoms with E-state index < -0.39 is 15.6 Å². The van der Waals surface area contributed by atoms with Gasteiger partial charge in [0.05, 0.1) is 5.52 Å². The minimum absolute atomic E-state index is 0.0993. The van der Waals surface area contributed by atoms with Gasteiger partial charge in [-0.3, -0.25) is 14.5 Å². The Kier molecular flexibility index (Phi) is 5.78. The van der Waals surface area contributed by atoms with E-state index in [1.807, 2.05) is 49.4 Å². The van der Waals surface area contributed by atoms with Crippen molar-refractivity contribution in [2.24, 2.45) is 11.7 Å². The molecule has 4 aromatic rings. The summed E-state index contributed by atoms with van der Waals surface area (Å²) in [6.07, 6.45) is 1.56. The fourth-order valence-electron chi connectivity index (χ4n) is 4.42. The fourth-order valence-corrected chi connectivity index (χ4v) is 5.66. The normalized spacial score (nSPS) is 15.9. The average molecular weight is 487 g/mol. The van der Waals surface area contributed by atoms with Crippen molar-refractivity contribution in [2.75, 3.05) is 17.8 Å². The van der Waals surface area contributed by atoms with Crippen LogP contribution in [0.4, 0.5) is 5.69 Å². The fraction of sp³-hybridized carbons (Fsp3) is 0.185. The molecule has 1 aromatic heterocycles. The quantitative estimate of drug-likeness (QED) is 0.429. The molecule has 0 bridgehead atoms. The molecule has 3 N–H and O–H groups in total. The molecule has 3 aromatic carbocycles. The molecule has 178 valence electrons. The van der Waals surface area contributed by atoms with E-state index in [1.54, 1.807) is 47.5 Å². The monoisotopic (exact) mass is 486 g/mol. The molecule has 1 unspecified atom stereocenters. The first-order valence-corrected chi connectivity index (χ1v) is 12.8. The lowest BCUT2D eigenvalue weighted by molar-refractivity contribution is 0.0321. The number of carbonyl (C=O) groups excluding carboxylic acids is 1. The largest absolute Gasteiger partial charge is 0.338 e. The van der Waals surface area contributed by atoms with E-state index in [4.69, 9.17) is 5.73 Å². The van der Waals surface area contributed by atoms with E-state index in [0.717, 1.165) is 10.9 Å². The van der Waals surface area contributed by atoms with Crippen LogP contribution < -0.4 is 10.5 Å². The third-order valence-corrected chi connectivity index (χ3v) is 8.09. The zero-order valence-electron chi connectivity index (χ0n) is 19.3. The van der Waals surface area contributed by atoms with Gasteiger partial charge in [-0.15, -0.1) is 0 Å². The highest BCUT2D eigenvalue weighted by molar-refractivity contribution is 7.93. The van der Waals surface area contributed by atoms with Crippen molar-refractivity contribution in [3.8, 4) is 0 Å². The van der Waals surface area contributed by atoms with E-state index in [0.29, 0.717) is 29.9 Å². The molecular weight excluding hydrogens is 460 g/mol. The summed E-state index contributed by atoms with van der Waals surface area (Å²) in [5, 5.41) is 0.741. The van der Waals surface area contributed by atoms with E-state index >= 15 is 0 Å².